The minimum atomic E-state index is -0.866. The maximum atomic E-state index is 13.1. The number of halogens is 1. The van der Waals surface area contributed by atoms with Gasteiger partial charge in [0.15, 0.2) is 5.69 Å². The molecule has 0 radical (unpaired) electrons. The summed E-state index contributed by atoms with van der Waals surface area (Å²) in [7, 11) is 0. The molecule has 1 aliphatic heterocycles. The van der Waals surface area contributed by atoms with Gasteiger partial charge in [0.25, 0.3) is 17.5 Å². The summed E-state index contributed by atoms with van der Waals surface area (Å²) in [6.07, 6.45) is 1.80. The van der Waals surface area contributed by atoms with Crippen molar-refractivity contribution in [3.8, 4) is 5.69 Å². The van der Waals surface area contributed by atoms with Gasteiger partial charge in [-0.2, -0.15) is 5.10 Å². The Labute approximate surface area is 198 Å². The second-order valence-corrected chi connectivity index (χ2v) is 8.24. The van der Waals surface area contributed by atoms with Gasteiger partial charge in [-0.15, -0.1) is 0 Å². The standard InChI is InChI=1S/C23H20ClN5O5/c1-14-12-20(30)21(26-28(14)18-6-2-3-7-19(18)29(33)34)22(31)25-17-13-15(24)8-9-16(17)23(32)27-10-4-5-11-27/h2-3,6-9,12-13H,4-5,10-11H2,1H3,(H,25,31). The fraction of sp³-hybridized carbons (Fsp3) is 0.217. The van der Waals surface area contributed by atoms with Gasteiger partial charge >= 0.3 is 0 Å². The van der Waals surface area contributed by atoms with Crippen molar-refractivity contribution >= 4 is 34.8 Å². The van der Waals surface area contributed by atoms with Gasteiger partial charge in [0, 0.05) is 35.9 Å². The minimum absolute atomic E-state index is 0.103. The Morgan fingerprint density at radius 3 is 2.53 bits per heavy atom. The number of nitro groups is 1. The van der Waals surface area contributed by atoms with Crippen LogP contribution in [0.2, 0.25) is 5.02 Å². The second-order valence-electron chi connectivity index (χ2n) is 7.80. The Bertz CT molecular complexity index is 1360. The number of nitrogens with one attached hydrogen (secondary N) is 1. The smallest absolute Gasteiger partial charge is 0.294 e. The first-order valence-electron chi connectivity index (χ1n) is 10.5. The van der Waals surface area contributed by atoms with E-state index in [-0.39, 0.29) is 28.5 Å². The van der Waals surface area contributed by atoms with E-state index in [1.807, 2.05) is 0 Å². The maximum absolute atomic E-state index is 13.1. The van der Waals surface area contributed by atoms with E-state index in [4.69, 9.17) is 11.6 Å². The molecule has 0 aliphatic carbocycles. The molecule has 0 saturated carbocycles. The highest BCUT2D eigenvalue weighted by molar-refractivity contribution is 6.31. The van der Waals surface area contributed by atoms with Gasteiger partial charge in [-0.1, -0.05) is 23.7 Å². The van der Waals surface area contributed by atoms with E-state index in [1.165, 1.54) is 41.1 Å². The van der Waals surface area contributed by atoms with Crippen molar-refractivity contribution in [1.29, 1.82) is 0 Å². The molecule has 34 heavy (non-hydrogen) atoms. The molecule has 10 nitrogen and oxygen atoms in total. The lowest BCUT2D eigenvalue weighted by molar-refractivity contribution is -0.384. The topological polar surface area (TPSA) is 127 Å². The van der Waals surface area contributed by atoms with E-state index in [9.17, 15) is 24.5 Å². The van der Waals surface area contributed by atoms with Crippen LogP contribution in [0, 0.1) is 17.0 Å². The maximum Gasteiger partial charge on any atom is 0.294 e. The number of likely N-dealkylation sites (tertiary alicyclic amines) is 1. The average molecular weight is 482 g/mol. The largest absolute Gasteiger partial charge is 0.339 e. The summed E-state index contributed by atoms with van der Waals surface area (Å²) in [4.78, 5) is 51.2. The number of hydrogen-bond acceptors (Lipinski definition) is 6. The van der Waals surface area contributed by atoms with Gasteiger partial charge in [-0.25, -0.2) is 4.68 Å². The number of rotatable bonds is 5. The lowest BCUT2D eigenvalue weighted by atomic mass is 10.1. The molecule has 2 amide bonds. The van der Waals surface area contributed by atoms with Crippen LogP contribution in [0.1, 0.15) is 39.4 Å². The van der Waals surface area contributed by atoms with E-state index in [2.05, 4.69) is 10.4 Å². The molecular weight excluding hydrogens is 462 g/mol. The summed E-state index contributed by atoms with van der Waals surface area (Å²) in [6, 6.07) is 11.5. The van der Waals surface area contributed by atoms with Crippen molar-refractivity contribution < 1.29 is 14.5 Å². The molecule has 0 atom stereocenters. The molecule has 1 aliphatic rings. The van der Waals surface area contributed by atoms with Gasteiger partial charge in [0.1, 0.15) is 5.69 Å². The second kappa shape index (κ2) is 9.44. The number of carbonyl (C=O) groups excluding carboxylic acids is 2. The molecule has 0 unspecified atom stereocenters. The van der Waals surface area contributed by atoms with E-state index in [0.29, 0.717) is 23.8 Å². The van der Waals surface area contributed by atoms with Crippen LogP contribution in [0.4, 0.5) is 11.4 Å². The van der Waals surface area contributed by atoms with Crippen molar-refractivity contribution in [3.05, 3.63) is 90.8 Å². The normalized spacial score (nSPS) is 13.1. The van der Waals surface area contributed by atoms with Crippen LogP contribution >= 0.6 is 11.6 Å². The first-order chi connectivity index (χ1) is 16.3. The molecule has 0 spiro atoms. The van der Waals surface area contributed by atoms with Crippen LogP contribution in [0.25, 0.3) is 5.69 Å². The zero-order valence-corrected chi connectivity index (χ0v) is 18.9. The zero-order chi connectivity index (χ0) is 24.4. The van der Waals surface area contributed by atoms with E-state index < -0.39 is 22.0 Å². The summed E-state index contributed by atoms with van der Waals surface area (Å²) in [6.45, 7) is 2.79. The summed E-state index contributed by atoms with van der Waals surface area (Å²) < 4.78 is 1.17. The first kappa shape index (κ1) is 23.1. The molecule has 3 aromatic rings. The number of nitrogens with zero attached hydrogens (tertiary/aromatic N) is 4. The lowest BCUT2D eigenvalue weighted by Gasteiger charge is -2.18. The van der Waals surface area contributed by atoms with Crippen molar-refractivity contribution in [2.45, 2.75) is 19.8 Å². The molecule has 2 aromatic carbocycles. The van der Waals surface area contributed by atoms with Gasteiger partial charge in [-0.3, -0.25) is 24.5 Å². The number of anilines is 1. The highest BCUT2D eigenvalue weighted by Crippen LogP contribution is 2.25. The Hall–Kier alpha value is -4.05. The van der Waals surface area contributed by atoms with Crippen LogP contribution in [-0.2, 0) is 0 Å². The van der Waals surface area contributed by atoms with Crippen LogP contribution in [0.3, 0.4) is 0 Å². The Kier molecular flexibility index (Phi) is 6.42. The van der Waals surface area contributed by atoms with E-state index in [0.717, 1.165) is 12.8 Å². The Morgan fingerprint density at radius 1 is 1.12 bits per heavy atom. The number of hydrogen-bond donors (Lipinski definition) is 1. The molecule has 1 fully saturated rings. The third kappa shape index (κ3) is 4.53. The monoisotopic (exact) mass is 481 g/mol. The lowest BCUT2D eigenvalue weighted by Crippen LogP contribution is -2.30. The van der Waals surface area contributed by atoms with Crippen molar-refractivity contribution in [3.63, 3.8) is 0 Å². The van der Waals surface area contributed by atoms with Crippen LogP contribution in [0.5, 0.6) is 0 Å². The minimum Gasteiger partial charge on any atom is -0.339 e. The number of para-hydroxylation sites is 2. The molecule has 2 heterocycles. The van der Waals surface area contributed by atoms with Crippen molar-refractivity contribution in [2.75, 3.05) is 18.4 Å². The number of benzene rings is 2. The first-order valence-corrected chi connectivity index (χ1v) is 10.9. The molecular formula is C23H20ClN5O5. The fourth-order valence-electron chi connectivity index (χ4n) is 3.82. The predicted molar refractivity (Wildman–Crippen MR) is 126 cm³/mol. The quantitative estimate of drug-likeness (QED) is 0.438. The van der Waals surface area contributed by atoms with E-state index >= 15 is 0 Å². The average Bonchev–Trinajstić information content (AvgIpc) is 3.34. The molecule has 11 heteroatoms. The summed E-state index contributed by atoms with van der Waals surface area (Å²) in [5.41, 5.74) is -0.585. The zero-order valence-electron chi connectivity index (χ0n) is 18.2. The number of nitro benzene ring substituents is 1. The highest BCUT2D eigenvalue weighted by atomic mass is 35.5. The number of aromatic nitrogens is 2. The van der Waals surface area contributed by atoms with Gasteiger partial charge in [0.2, 0.25) is 5.43 Å². The summed E-state index contributed by atoms with van der Waals surface area (Å²) in [5.74, 6) is -1.12. The van der Waals surface area contributed by atoms with Crippen molar-refractivity contribution in [2.24, 2.45) is 0 Å². The Morgan fingerprint density at radius 2 is 1.82 bits per heavy atom. The molecule has 4 rings (SSSR count). The van der Waals surface area contributed by atoms with Crippen molar-refractivity contribution in [1.82, 2.24) is 14.7 Å². The fourth-order valence-corrected chi connectivity index (χ4v) is 4.00. The summed E-state index contributed by atoms with van der Waals surface area (Å²) in [5, 5.41) is 18.4. The molecule has 1 N–H and O–H groups in total. The van der Waals surface area contributed by atoms with E-state index in [1.54, 1.807) is 24.0 Å². The number of amides is 2. The van der Waals surface area contributed by atoms with Gasteiger partial charge < -0.3 is 10.2 Å². The van der Waals surface area contributed by atoms with Crippen LogP contribution in [-0.4, -0.2) is 44.5 Å². The predicted octanol–water partition coefficient (Wildman–Crippen LogP) is 3.59. The van der Waals surface area contributed by atoms with Gasteiger partial charge in [0.05, 0.1) is 16.2 Å². The molecule has 1 saturated heterocycles. The summed E-state index contributed by atoms with van der Waals surface area (Å²) >= 11 is 6.09. The van der Waals surface area contributed by atoms with Crippen LogP contribution in [0.15, 0.2) is 53.3 Å². The Balaban J connectivity index is 1.72. The molecule has 0 bridgehead atoms. The molecule has 1 aromatic heterocycles. The third-order valence-electron chi connectivity index (χ3n) is 5.48. The SMILES string of the molecule is Cc1cc(=O)c(C(=O)Nc2cc(Cl)ccc2C(=O)N2CCCC2)nn1-c1ccccc1[N+](=O)[O-]. The highest BCUT2D eigenvalue weighted by Gasteiger charge is 2.25. The number of carbonyl (C=O) groups is 2. The van der Waals surface area contributed by atoms with Gasteiger partial charge in [-0.05, 0) is 44.0 Å². The number of aryl methyl sites for hydroxylation is 1. The molecule has 174 valence electrons. The third-order valence-corrected chi connectivity index (χ3v) is 5.72. The van der Waals surface area contributed by atoms with Crippen LogP contribution < -0.4 is 10.7 Å².